The Hall–Kier alpha value is -3.22. The van der Waals surface area contributed by atoms with E-state index in [1.165, 1.54) is 104 Å². The fourth-order valence-electron chi connectivity index (χ4n) is 7.43. The molecule has 4 rings (SSSR count). The van der Waals surface area contributed by atoms with E-state index in [0.717, 1.165) is 25.7 Å². The number of rotatable bonds is 26. The van der Waals surface area contributed by atoms with Gasteiger partial charge in [0.1, 0.15) is 0 Å². The molecule has 53 heavy (non-hydrogen) atoms. The molecule has 0 bridgehead atoms. The molecule has 5 heteroatoms. The van der Waals surface area contributed by atoms with Crippen LogP contribution in [0.15, 0.2) is 121 Å². The molecule has 0 heterocycles. The summed E-state index contributed by atoms with van der Waals surface area (Å²) in [6, 6.07) is 42.2. The molecule has 288 valence electrons. The second-order valence-electron chi connectivity index (χ2n) is 14.7. The molecule has 0 saturated carbocycles. The van der Waals surface area contributed by atoms with Crippen molar-refractivity contribution in [1.29, 1.82) is 0 Å². The van der Waals surface area contributed by atoms with Crippen LogP contribution in [0.4, 0.5) is 0 Å². The Morgan fingerprint density at radius 1 is 0.434 bits per heavy atom. The third kappa shape index (κ3) is 17.2. The van der Waals surface area contributed by atoms with Crippen molar-refractivity contribution < 1.29 is 18.8 Å². The topological polar surface area (TPSA) is 38.7 Å². The molecule has 0 saturated heterocycles. The SMILES string of the molecule is CCCC[N+](CCCC)(CCCC)CCCC.OB(OCCCC(c1ccccc1)c1ccccc1)OCCCC(c1ccccc1)c1ccccc1. The summed E-state index contributed by atoms with van der Waals surface area (Å²) in [7, 11) is -1.19. The first kappa shape index (κ1) is 44.2. The van der Waals surface area contributed by atoms with Crippen LogP contribution in [0.25, 0.3) is 0 Å². The maximum Gasteiger partial charge on any atom is 0.636 e. The number of nitrogens with zero attached hydrogens (tertiary/aromatic N) is 1. The van der Waals surface area contributed by atoms with Gasteiger partial charge in [0.25, 0.3) is 0 Å². The van der Waals surface area contributed by atoms with Crippen LogP contribution in [0.2, 0.25) is 0 Å². The average Bonchev–Trinajstić information content (AvgIpc) is 3.22. The summed E-state index contributed by atoms with van der Waals surface area (Å²) in [5.41, 5.74) is 5.19. The van der Waals surface area contributed by atoms with Crippen LogP contribution in [0, 0.1) is 0 Å². The van der Waals surface area contributed by atoms with Crippen LogP contribution in [-0.2, 0) is 9.31 Å². The van der Waals surface area contributed by atoms with Crippen molar-refractivity contribution in [3.63, 3.8) is 0 Å². The highest BCUT2D eigenvalue weighted by molar-refractivity contribution is 6.34. The predicted molar refractivity (Wildman–Crippen MR) is 227 cm³/mol. The number of hydrogen-bond acceptors (Lipinski definition) is 3. The first-order valence-corrected chi connectivity index (χ1v) is 21.0. The zero-order valence-corrected chi connectivity index (χ0v) is 33.7. The van der Waals surface area contributed by atoms with Gasteiger partial charge in [-0.25, -0.2) is 0 Å². The third-order valence-electron chi connectivity index (χ3n) is 10.5. The molecule has 0 aliphatic carbocycles. The fraction of sp³-hybridized carbons (Fsp3) is 0.500. The number of hydrogen-bond donors (Lipinski definition) is 1. The van der Waals surface area contributed by atoms with Crippen molar-refractivity contribution in [2.24, 2.45) is 0 Å². The molecule has 4 nitrogen and oxygen atoms in total. The molecule has 1 N–H and O–H groups in total. The Balaban J connectivity index is 0.000000377. The smallest absolute Gasteiger partial charge is 0.402 e. The Morgan fingerprint density at radius 3 is 0.943 bits per heavy atom. The van der Waals surface area contributed by atoms with Gasteiger partial charge in [0.05, 0.1) is 26.2 Å². The fourth-order valence-corrected chi connectivity index (χ4v) is 7.43. The molecule has 4 aromatic rings. The van der Waals surface area contributed by atoms with Crippen molar-refractivity contribution in [2.45, 2.75) is 117 Å². The molecule has 0 fully saturated rings. The van der Waals surface area contributed by atoms with Crippen LogP contribution in [0.1, 0.15) is 139 Å². The zero-order valence-electron chi connectivity index (χ0n) is 33.7. The molecule has 0 unspecified atom stereocenters. The molecule has 4 aromatic carbocycles. The van der Waals surface area contributed by atoms with Gasteiger partial charge in [-0.15, -0.1) is 0 Å². The van der Waals surface area contributed by atoms with Crippen molar-refractivity contribution in [1.82, 2.24) is 0 Å². The highest BCUT2D eigenvalue weighted by Gasteiger charge is 2.25. The van der Waals surface area contributed by atoms with E-state index in [-0.39, 0.29) is 0 Å². The van der Waals surface area contributed by atoms with E-state index in [1.807, 2.05) is 24.3 Å². The van der Waals surface area contributed by atoms with E-state index < -0.39 is 7.32 Å². The van der Waals surface area contributed by atoms with Gasteiger partial charge in [-0.1, -0.05) is 175 Å². The molecule has 0 aromatic heterocycles. The van der Waals surface area contributed by atoms with E-state index in [2.05, 4.69) is 125 Å². The number of benzene rings is 4. The normalized spacial score (nSPS) is 11.5. The maximum atomic E-state index is 10.2. The molecule has 0 spiro atoms. The molecular weight excluding hydrogens is 649 g/mol. The summed E-state index contributed by atoms with van der Waals surface area (Å²) in [5.74, 6) is 0.615. The van der Waals surface area contributed by atoms with Gasteiger partial charge < -0.3 is 18.8 Å². The summed E-state index contributed by atoms with van der Waals surface area (Å²) < 4.78 is 12.6. The Labute approximate surface area is 324 Å². The van der Waals surface area contributed by atoms with E-state index >= 15 is 0 Å². The van der Waals surface area contributed by atoms with Crippen LogP contribution in [0.3, 0.4) is 0 Å². The Morgan fingerprint density at radius 2 is 0.698 bits per heavy atom. The Kier molecular flexibility index (Phi) is 22.8. The van der Waals surface area contributed by atoms with Crippen LogP contribution in [0.5, 0.6) is 0 Å². The molecule has 0 aliphatic heterocycles. The molecular formula is C48H71BNO3+. The molecule has 0 aliphatic rings. The van der Waals surface area contributed by atoms with Gasteiger partial charge in [0, 0.05) is 25.0 Å². The first-order chi connectivity index (χ1) is 26.1. The summed E-state index contributed by atoms with van der Waals surface area (Å²) in [4.78, 5) is 0. The summed E-state index contributed by atoms with van der Waals surface area (Å²) in [5, 5.41) is 10.2. The van der Waals surface area contributed by atoms with Gasteiger partial charge >= 0.3 is 7.32 Å². The van der Waals surface area contributed by atoms with Crippen LogP contribution in [-0.4, -0.2) is 56.2 Å². The van der Waals surface area contributed by atoms with E-state index in [4.69, 9.17) is 9.31 Å². The minimum atomic E-state index is -1.19. The van der Waals surface area contributed by atoms with Crippen LogP contribution >= 0.6 is 0 Å². The van der Waals surface area contributed by atoms with Gasteiger partial charge in [0.15, 0.2) is 0 Å². The second kappa shape index (κ2) is 27.4. The number of unbranched alkanes of at least 4 members (excludes halogenated alkanes) is 4. The average molecular weight is 721 g/mol. The van der Waals surface area contributed by atoms with Gasteiger partial charge in [0.2, 0.25) is 0 Å². The number of quaternary nitrogens is 1. The van der Waals surface area contributed by atoms with Crippen molar-refractivity contribution in [2.75, 3.05) is 39.4 Å². The van der Waals surface area contributed by atoms with Gasteiger partial charge in [-0.2, -0.15) is 0 Å². The van der Waals surface area contributed by atoms with E-state index in [1.54, 1.807) is 0 Å². The highest BCUT2D eigenvalue weighted by atomic mass is 16.7. The third-order valence-corrected chi connectivity index (χ3v) is 10.5. The quantitative estimate of drug-likeness (QED) is 0.0399. The summed E-state index contributed by atoms with van der Waals surface area (Å²) in [6.07, 6.45) is 14.6. The van der Waals surface area contributed by atoms with E-state index in [0.29, 0.717) is 25.0 Å². The predicted octanol–water partition coefficient (Wildman–Crippen LogP) is 12.2. The molecule has 0 radical (unpaired) electrons. The lowest BCUT2D eigenvalue weighted by Gasteiger charge is -2.39. The van der Waals surface area contributed by atoms with Crippen molar-refractivity contribution in [3.05, 3.63) is 144 Å². The highest BCUT2D eigenvalue weighted by Crippen LogP contribution is 2.30. The monoisotopic (exact) mass is 721 g/mol. The largest absolute Gasteiger partial charge is 0.636 e. The maximum absolute atomic E-state index is 10.2. The summed E-state index contributed by atoms with van der Waals surface area (Å²) >= 11 is 0. The molecule has 0 amide bonds. The van der Waals surface area contributed by atoms with Gasteiger partial charge in [-0.3, -0.25) is 0 Å². The minimum absolute atomic E-state index is 0.307. The van der Waals surface area contributed by atoms with Crippen molar-refractivity contribution >= 4 is 7.32 Å². The van der Waals surface area contributed by atoms with Crippen LogP contribution < -0.4 is 0 Å². The van der Waals surface area contributed by atoms with E-state index in [9.17, 15) is 5.02 Å². The zero-order chi connectivity index (χ0) is 37.8. The van der Waals surface area contributed by atoms with Gasteiger partial charge in [-0.05, 0) is 73.6 Å². The van der Waals surface area contributed by atoms with Crippen molar-refractivity contribution in [3.8, 4) is 0 Å². The lowest BCUT2D eigenvalue weighted by Crippen LogP contribution is -2.50. The molecule has 0 atom stereocenters. The first-order valence-electron chi connectivity index (χ1n) is 21.0. The standard InChI is InChI=1S/C32H35BO3.C16H36N/c34-33(35-25-13-23-31(27-15-5-1-6-16-27)28-17-7-2-8-18-28)36-26-14-24-32(29-19-9-3-10-20-29)30-21-11-4-12-22-30;1-5-9-13-17(14-10-6-2,15-11-7-3)16-12-8-4/h1-12,15-22,31-32,34H,13-14,23-26H2;5-16H2,1-4H3/q;+1. The second-order valence-corrected chi connectivity index (χ2v) is 14.7. The Bertz CT molecular complexity index is 1200. The lowest BCUT2D eigenvalue weighted by molar-refractivity contribution is -0.929. The summed E-state index contributed by atoms with van der Waals surface area (Å²) in [6.45, 7) is 15.9. The minimum Gasteiger partial charge on any atom is -0.402 e. The lowest BCUT2D eigenvalue weighted by atomic mass is 9.87.